The second-order valence-corrected chi connectivity index (χ2v) is 5.17. The second kappa shape index (κ2) is 6.16. The van der Waals surface area contributed by atoms with Crippen molar-refractivity contribution in [3.63, 3.8) is 0 Å². The van der Waals surface area contributed by atoms with Crippen LogP contribution in [0.5, 0.6) is 0 Å². The van der Waals surface area contributed by atoms with Gasteiger partial charge in [-0.1, -0.05) is 11.6 Å². The van der Waals surface area contributed by atoms with E-state index in [1.165, 1.54) is 0 Å². The summed E-state index contributed by atoms with van der Waals surface area (Å²) in [5.74, 6) is 2.79. The summed E-state index contributed by atoms with van der Waals surface area (Å²) in [6.07, 6.45) is 3.76. The van der Waals surface area contributed by atoms with Gasteiger partial charge in [-0.2, -0.15) is 11.8 Å². The predicted molar refractivity (Wildman–Crippen MR) is 77.2 cm³/mol. The summed E-state index contributed by atoms with van der Waals surface area (Å²) >= 11 is 7.79. The monoisotopic (exact) mass is 282 g/mol. The molecule has 0 saturated carbocycles. The lowest BCUT2D eigenvalue weighted by Gasteiger charge is -2.09. The van der Waals surface area contributed by atoms with Crippen LogP contribution in [-0.4, -0.2) is 11.2 Å². The van der Waals surface area contributed by atoms with Crippen LogP contribution in [0, 0.1) is 6.92 Å². The number of furan rings is 1. The molecule has 0 aliphatic carbocycles. The lowest BCUT2D eigenvalue weighted by Crippen LogP contribution is -2.01. The summed E-state index contributed by atoms with van der Waals surface area (Å²) in [4.78, 5) is 4.06. The van der Waals surface area contributed by atoms with E-state index in [4.69, 9.17) is 16.0 Å². The van der Waals surface area contributed by atoms with Gasteiger partial charge >= 0.3 is 0 Å². The minimum atomic E-state index is 0.492. The zero-order valence-electron chi connectivity index (χ0n) is 10.4. The number of hydrogen-bond donors (Lipinski definition) is 1. The Morgan fingerprint density at radius 3 is 2.83 bits per heavy atom. The number of nitrogens with zero attached hydrogens (tertiary/aromatic N) is 1. The first kappa shape index (κ1) is 13.3. The van der Waals surface area contributed by atoms with Gasteiger partial charge in [0, 0.05) is 6.20 Å². The number of thioether (sulfide) groups is 1. The number of pyridine rings is 1. The van der Waals surface area contributed by atoms with Gasteiger partial charge < -0.3 is 9.73 Å². The van der Waals surface area contributed by atoms with E-state index >= 15 is 0 Å². The van der Waals surface area contributed by atoms with E-state index in [2.05, 4.69) is 16.6 Å². The third kappa shape index (κ3) is 3.21. The van der Waals surface area contributed by atoms with E-state index in [9.17, 15) is 0 Å². The topological polar surface area (TPSA) is 38.1 Å². The highest BCUT2D eigenvalue weighted by Gasteiger charge is 2.06. The lowest BCUT2D eigenvalue weighted by atomic mass is 10.2. The molecule has 0 saturated heterocycles. The second-order valence-electron chi connectivity index (χ2n) is 3.95. The zero-order valence-corrected chi connectivity index (χ0v) is 11.9. The van der Waals surface area contributed by atoms with Gasteiger partial charge in [-0.15, -0.1) is 0 Å². The van der Waals surface area contributed by atoms with Crippen molar-refractivity contribution in [2.75, 3.05) is 11.6 Å². The summed E-state index contributed by atoms with van der Waals surface area (Å²) in [5.41, 5.74) is 1.94. The third-order valence-corrected chi connectivity index (χ3v) is 3.42. The zero-order chi connectivity index (χ0) is 13.0. The number of rotatable bonds is 5. The van der Waals surface area contributed by atoms with Crippen LogP contribution in [0.4, 0.5) is 5.69 Å². The number of aryl methyl sites for hydroxylation is 1. The Morgan fingerprint density at radius 1 is 1.33 bits per heavy atom. The molecule has 5 heteroatoms. The Balaban J connectivity index is 2.02. The van der Waals surface area contributed by atoms with Gasteiger partial charge in [0.1, 0.15) is 11.5 Å². The number of aromatic nitrogens is 1. The molecule has 1 N–H and O–H groups in total. The summed E-state index contributed by atoms with van der Waals surface area (Å²) < 4.78 is 5.68. The molecule has 0 spiro atoms. The Morgan fingerprint density at radius 2 is 2.11 bits per heavy atom. The number of halogens is 1. The molecule has 2 rings (SSSR count). The van der Waals surface area contributed by atoms with Crippen molar-refractivity contribution in [2.45, 2.75) is 19.2 Å². The van der Waals surface area contributed by atoms with Crippen LogP contribution in [0.25, 0.3) is 0 Å². The van der Waals surface area contributed by atoms with Gasteiger partial charge in [-0.25, -0.2) is 4.98 Å². The average molecular weight is 283 g/mol. The van der Waals surface area contributed by atoms with E-state index < -0.39 is 0 Å². The van der Waals surface area contributed by atoms with E-state index in [0.717, 1.165) is 28.5 Å². The molecule has 0 unspecified atom stereocenters. The molecular formula is C13H15ClN2OS. The molecule has 3 nitrogen and oxygen atoms in total. The van der Waals surface area contributed by atoms with E-state index in [1.54, 1.807) is 18.0 Å². The molecule has 0 aromatic carbocycles. The highest BCUT2D eigenvalue weighted by atomic mass is 35.5. The normalized spacial score (nSPS) is 10.6. The fourth-order valence-corrected chi connectivity index (χ4v) is 2.36. The van der Waals surface area contributed by atoms with Crippen LogP contribution in [-0.2, 0) is 12.3 Å². The highest BCUT2D eigenvalue weighted by Crippen LogP contribution is 2.23. The molecule has 0 atom stereocenters. The first-order valence-electron chi connectivity index (χ1n) is 5.62. The number of nitrogens with one attached hydrogen (secondary N) is 1. The average Bonchev–Trinajstić information content (AvgIpc) is 2.77. The fourth-order valence-electron chi connectivity index (χ4n) is 1.65. The number of anilines is 1. The van der Waals surface area contributed by atoms with Crippen LogP contribution in [0.2, 0.25) is 5.15 Å². The van der Waals surface area contributed by atoms with Crippen LogP contribution in [0.1, 0.15) is 17.1 Å². The number of hydrogen-bond acceptors (Lipinski definition) is 4. The van der Waals surface area contributed by atoms with Crippen LogP contribution < -0.4 is 5.32 Å². The molecule has 0 aliphatic heterocycles. The molecule has 0 aliphatic rings. The van der Waals surface area contributed by atoms with Crippen molar-refractivity contribution in [2.24, 2.45) is 0 Å². The smallest absolute Gasteiger partial charge is 0.152 e. The van der Waals surface area contributed by atoms with Crippen molar-refractivity contribution in [1.29, 1.82) is 0 Å². The summed E-state index contributed by atoms with van der Waals surface area (Å²) in [6.45, 7) is 2.61. The minimum absolute atomic E-state index is 0.492. The molecule has 0 fully saturated rings. The van der Waals surface area contributed by atoms with Crippen molar-refractivity contribution < 1.29 is 4.42 Å². The molecule has 0 bridgehead atoms. The standard InChI is InChI=1S/C13H15ClN2OS/c1-9-5-6-15-13(14)12(9)16-7-10-3-4-11(17-10)8-18-2/h3-6,16H,7-8H2,1-2H3. The van der Waals surface area contributed by atoms with E-state index in [-0.39, 0.29) is 0 Å². The van der Waals surface area contributed by atoms with Gasteiger partial charge in [-0.3, -0.25) is 0 Å². The lowest BCUT2D eigenvalue weighted by molar-refractivity contribution is 0.487. The van der Waals surface area contributed by atoms with Gasteiger partial charge in [0.15, 0.2) is 5.15 Å². The van der Waals surface area contributed by atoms with E-state index in [0.29, 0.717) is 11.7 Å². The van der Waals surface area contributed by atoms with Gasteiger partial charge in [0.05, 0.1) is 18.0 Å². The molecule has 2 aromatic rings. The van der Waals surface area contributed by atoms with Gasteiger partial charge in [0.25, 0.3) is 0 Å². The largest absolute Gasteiger partial charge is 0.463 e. The van der Waals surface area contributed by atoms with Crippen molar-refractivity contribution in [1.82, 2.24) is 4.98 Å². The maximum atomic E-state index is 6.04. The maximum absolute atomic E-state index is 6.04. The first-order chi connectivity index (χ1) is 8.70. The van der Waals surface area contributed by atoms with Crippen LogP contribution in [0.15, 0.2) is 28.8 Å². The molecule has 2 aromatic heterocycles. The summed E-state index contributed by atoms with van der Waals surface area (Å²) in [6, 6.07) is 5.92. The SMILES string of the molecule is CSCc1ccc(CNc2c(C)ccnc2Cl)o1. The molecule has 0 amide bonds. The Hall–Kier alpha value is -1.13. The Bertz CT molecular complexity index is 507. The molecule has 0 radical (unpaired) electrons. The quantitative estimate of drug-likeness (QED) is 0.838. The summed E-state index contributed by atoms with van der Waals surface area (Å²) in [5, 5.41) is 3.75. The summed E-state index contributed by atoms with van der Waals surface area (Å²) in [7, 11) is 0. The molecule has 2 heterocycles. The fraction of sp³-hybridized carbons (Fsp3) is 0.308. The van der Waals surface area contributed by atoms with Gasteiger partial charge in [0.2, 0.25) is 0 Å². The highest BCUT2D eigenvalue weighted by molar-refractivity contribution is 7.97. The van der Waals surface area contributed by atoms with Gasteiger partial charge in [-0.05, 0) is 36.9 Å². The minimum Gasteiger partial charge on any atom is -0.463 e. The van der Waals surface area contributed by atoms with Crippen molar-refractivity contribution >= 4 is 29.1 Å². The molecule has 18 heavy (non-hydrogen) atoms. The Kier molecular flexibility index (Phi) is 4.55. The van der Waals surface area contributed by atoms with Crippen molar-refractivity contribution in [3.05, 3.63) is 46.6 Å². The van der Waals surface area contributed by atoms with Crippen LogP contribution in [0.3, 0.4) is 0 Å². The first-order valence-corrected chi connectivity index (χ1v) is 7.39. The molecule has 96 valence electrons. The molecular weight excluding hydrogens is 268 g/mol. The Labute approximate surface area is 116 Å². The maximum Gasteiger partial charge on any atom is 0.152 e. The van der Waals surface area contributed by atoms with Crippen molar-refractivity contribution in [3.8, 4) is 0 Å². The van der Waals surface area contributed by atoms with Crippen LogP contribution >= 0.6 is 23.4 Å². The third-order valence-electron chi connectivity index (χ3n) is 2.56. The van der Waals surface area contributed by atoms with E-state index in [1.807, 2.05) is 25.1 Å². The predicted octanol–water partition coefficient (Wildman–Crippen LogP) is 4.11.